The fourth-order valence-electron chi connectivity index (χ4n) is 1.98. The van der Waals surface area contributed by atoms with Gasteiger partial charge >= 0.3 is 0 Å². The summed E-state index contributed by atoms with van der Waals surface area (Å²) >= 11 is 1.52. The highest BCUT2D eigenvalue weighted by molar-refractivity contribution is 7.11. The summed E-state index contributed by atoms with van der Waals surface area (Å²) in [6.45, 7) is 0. The number of hydrogen-bond donors (Lipinski definition) is 0. The molecule has 21 heavy (non-hydrogen) atoms. The zero-order valence-electron chi connectivity index (χ0n) is 12.0. The van der Waals surface area contributed by atoms with Gasteiger partial charge in [-0.15, -0.1) is 11.3 Å². The fraction of sp³-hybridized carbons (Fsp3) is 0.188. The van der Waals surface area contributed by atoms with Crippen molar-refractivity contribution in [2.75, 3.05) is 21.3 Å². The highest BCUT2D eigenvalue weighted by Gasteiger charge is 2.15. The molecule has 5 heteroatoms. The third-order valence-corrected chi connectivity index (χ3v) is 3.84. The maximum absolute atomic E-state index is 9.34. The summed E-state index contributed by atoms with van der Waals surface area (Å²) in [5, 5.41) is 11.3. The van der Waals surface area contributed by atoms with Crippen LogP contribution in [0.2, 0.25) is 0 Å². The summed E-state index contributed by atoms with van der Waals surface area (Å²) in [6.07, 6.45) is 1.78. The Morgan fingerprint density at radius 3 is 2.38 bits per heavy atom. The predicted octanol–water partition coefficient (Wildman–Crippen LogP) is 3.84. The molecule has 2 rings (SSSR count). The predicted molar refractivity (Wildman–Crippen MR) is 83.9 cm³/mol. The SMILES string of the molecule is COc1ccc(C=C(C#N)c2cccs2)c(OC)c1OC. The van der Waals surface area contributed by atoms with Crippen molar-refractivity contribution in [3.8, 4) is 23.3 Å². The smallest absolute Gasteiger partial charge is 0.203 e. The standard InChI is InChI=1S/C16H15NO3S/c1-18-13-7-6-11(15(19-2)16(13)20-3)9-12(10-17)14-5-4-8-21-14/h4-9H,1-3H3. The molecule has 1 aromatic carbocycles. The summed E-state index contributed by atoms with van der Waals surface area (Å²) in [7, 11) is 4.68. The lowest BCUT2D eigenvalue weighted by molar-refractivity contribution is 0.324. The van der Waals surface area contributed by atoms with Crippen molar-refractivity contribution in [2.24, 2.45) is 0 Å². The maximum Gasteiger partial charge on any atom is 0.203 e. The molecule has 0 atom stereocenters. The molecule has 0 saturated carbocycles. The Balaban J connectivity index is 2.56. The van der Waals surface area contributed by atoms with Crippen LogP contribution in [0.4, 0.5) is 0 Å². The zero-order valence-corrected chi connectivity index (χ0v) is 12.9. The first-order valence-corrected chi connectivity index (χ1v) is 7.07. The second-order valence-electron chi connectivity index (χ2n) is 4.07. The molecule has 0 radical (unpaired) electrons. The first-order chi connectivity index (χ1) is 10.2. The number of nitrogens with zero attached hydrogens (tertiary/aromatic N) is 1. The molecule has 1 heterocycles. The monoisotopic (exact) mass is 301 g/mol. The van der Waals surface area contributed by atoms with Gasteiger partial charge in [-0.05, 0) is 29.7 Å². The number of ether oxygens (including phenoxy) is 3. The van der Waals surface area contributed by atoms with Gasteiger partial charge in [-0.25, -0.2) is 0 Å². The molecule has 1 aromatic heterocycles. The van der Waals surface area contributed by atoms with Crippen LogP contribution in [-0.4, -0.2) is 21.3 Å². The largest absolute Gasteiger partial charge is 0.493 e. The van der Waals surface area contributed by atoms with E-state index in [9.17, 15) is 5.26 Å². The Labute approximate surface area is 127 Å². The van der Waals surface area contributed by atoms with E-state index in [4.69, 9.17) is 14.2 Å². The lowest BCUT2D eigenvalue weighted by atomic mass is 10.1. The quantitative estimate of drug-likeness (QED) is 0.787. The number of benzene rings is 1. The van der Waals surface area contributed by atoms with Gasteiger partial charge in [0, 0.05) is 10.4 Å². The van der Waals surface area contributed by atoms with Crippen LogP contribution in [0.5, 0.6) is 17.2 Å². The number of allylic oxidation sites excluding steroid dienone is 1. The molecule has 0 N–H and O–H groups in total. The van der Waals surface area contributed by atoms with Crippen molar-refractivity contribution >= 4 is 23.0 Å². The van der Waals surface area contributed by atoms with Crippen molar-refractivity contribution < 1.29 is 14.2 Å². The van der Waals surface area contributed by atoms with Crippen molar-refractivity contribution in [1.29, 1.82) is 5.26 Å². The Kier molecular flexibility index (Phi) is 4.85. The third kappa shape index (κ3) is 3.01. The number of hydrogen-bond acceptors (Lipinski definition) is 5. The van der Waals surface area contributed by atoms with Crippen molar-refractivity contribution in [2.45, 2.75) is 0 Å². The molecule has 0 fully saturated rings. The van der Waals surface area contributed by atoms with Crippen LogP contribution in [0.3, 0.4) is 0 Å². The van der Waals surface area contributed by atoms with E-state index in [-0.39, 0.29) is 0 Å². The molecule has 0 unspecified atom stereocenters. The summed E-state index contributed by atoms with van der Waals surface area (Å²) in [5.41, 5.74) is 1.34. The van der Waals surface area contributed by atoms with E-state index < -0.39 is 0 Å². The van der Waals surface area contributed by atoms with Crippen LogP contribution >= 0.6 is 11.3 Å². The van der Waals surface area contributed by atoms with Crippen LogP contribution in [0.25, 0.3) is 11.6 Å². The van der Waals surface area contributed by atoms with Crippen LogP contribution in [-0.2, 0) is 0 Å². The van der Waals surface area contributed by atoms with Gasteiger partial charge < -0.3 is 14.2 Å². The Morgan fingerprint density at radius 1 is 1.10 bits per heavy atom. The molecule has 0 aliphatic rings. The van der Waals surface area contributed by atoms with Crippen molar-refractivity contribution in [1.82, 2.24) is 0 Å². The molecule has 0 aliphatic carbocycles. The molecular formula is C16H15NO3S. The van der Waals surface area contributed by atoms with Gasteiger partial charge in [0.05, 0.1) is 26.9 Å². The molecule has 0 amide bonds. The number of rotatable bonds is 5. The Morgan fingerprint density at radius 2 is 1.86 bits per heavy atom. The van der Waals surface area contributed by atoms with E-state index in [0.717, 1.165) is 10.4 Å². The van der Waals surface area contributed by atoms with E-state index in [1.165, 1.54) is 11.3 Å². The van der Waals surface area contributed by atoms with Gasteiger partial charge in [0.1, 0.15) is 6.07 Å². The van der Waals surface area contributed by atoms with Gasteiger partial charge in [-0.3, -0.25) is 0 Å². The normalized spacial score (nSPS) is 10.9. The van der Waals surface area contributed by atoms with Crippen LogP contribution in [0.15, 0.2) is 29.6 Å². The molecule has 108 valence electrons. The second-order valence-corrected chi connectivity index (χ2v) is 5.02. The minimum Gasteiger partial charge on any atom is -0.493 e. The molecular weight excluding hydrogens is 286 g/mol. The van der Waals surface area contributed by atoms with Crippen LogP contribution in [0.1, 0.15) is 10.4 Å². The maximum atomic E-state index is 9.34. The molecule has 0 saturated heterocycles. The summed E-state index contributed by atoms with van der Waals surface area (Å²) < 4.78 is 16.0. The van der Waals surface area contributed by atoms with Gasteiger partial charge in [0.2, 0.25) is 5.75 Å². The summed E-state index contributed by atoms with van der Waals surface area (Å²) in [4.78, 5) is 0.911. The highest BCUT2D eigenvalue weighted by Crippen LogP contribution is 2.41. The summed E-state index contributed by atoms with van der Waals surface area (Å²) in [5.74, 6) is 1.64. The average Bonchev–Trinajstić information content (AvgIpc) is 3.05. The first kappa shape index (κ1) is 14.9. The minimum absolute atomic E-state index is 0.511. The number of nitriles is 1. The van der Waals surface area contributed by atoms with Crippen LogP contribution < -0.4 is 14.2 Å². The topological polar surface area (TPSA) is 51.5 Å². The van der Waals surface area contributed by atoms with Crippen molar-refractivity contribution in [3.63, 3.8) is 0 Å². The Hall–Kier alpha value is -2.45. The van der Waals surface area contributed by atoms with E-state index in [0.29, 0.717) is 22.8 Å². The average molecular weight is 301 g/mol. The lowest BCUT2D eigenvalue weighted by Gasteiger charge is -2.14. The number of thiophene rings is 1. The number of methoxy groups -OCH3 is 3. The molecule has 0 aliphatic heterocycles. The highest BCUT2D eigenvalue weighted by atomic mass is 32.1. The van der Waals surface area contributed by atoms with E-state index in [1.54, 1.807) is 33.5 Å². The first-order valence-electron chi connectivity index (χ1n) is 6.19. The second kappa shape index (κ2) is 6.82. The minimum atomic E-state index is 0.511. The molecule has 2 aromatic rings. The molecule has 4 nitrogen and oxygen atoms in total. The van der Waals surface area contributed by atoms with Gasteiger partial charge in [-0.1, -0.05) is 6.07 Å². The molecule has 0 bridgehead atoms. The van der Waals surface area contributed by atoms with Crippen LogP contribution in [0, 0.1) is 11.3 Å². The third-order valence-electron chi connectivity index (χ3n) is 2.94. The lowest BCUT2D eigenvalue weighted by Crippen LogP contribution is -1.96. The van der Waals surface area contributed by atoms with E-state index in [1.807, 2.05) is 23.6 Å². The summed E-state index contributed by atoms with van der Waals surface area (Å²) in [6, 6.07) is 9.66. The van der Waals surface area contributed by atoms with Gasteiger partial charge in [0.15, 0.2) is 11.5 Å². The van der Waals surface area contributed by atoms with Gasteiger partial charge in [-0.2, -0.15) is 5.26 Å². The van der Waals surface area contributed by atoms with E-state index >= 15 is 0 Å². The van der Waals surface area contributed by atoms with Crippen molar-refractivity contribution in [3.05, 3.63) is 40.1 Å². The Bertz CT molecular complexity index is 684. The van der Waals surface area contributed by atoms with Gasteiger partial charge in [0.25, 0.3) is 0 Å². The molecule has 0 spiro atoms. The fourth-order valence-corrected chi connectivity index (χ4v) is 2.68. The zero-order chi connectivity index (χ0) is 15.2. The van der Waals surface area contributed by atoms with E-state index in [2.05, 4.69) is 6.07 Å².